The van der Waals surface area contributed by atoms with E-state index in [1.807, 2.05) is 6.92 Å². The number of alkyl carbamates (subject to hydrolysis) is 1. The molecule has 0 spiro atoms. The number of benzene rings is 1. The maximum Gasteiger partial charge on any atom is 0.407 e. The van der Waals surface area contributed by atoms with Crippen molar-refractivity contribution in [1.82, 2.24) is 5.32 Å². The second-order valence-electron chi connectivity index (χ2n) is 6.57. The van der Waals surface area contributed by atoms with Gasteiger partial charge in [-0.1, -0.05) is 20.1 Å². The highest BCUT2D eigenvalue weighted by atomic mass is 16.6. The van der Waals surface area contributed by atoms with Crippen molar-refractivity contribution in [2.45, 2.75) is 71.8 Å². The molecule has 0 fully saturated rings. The second kappa shape index (κ2) is 9.54. The van der Waals surface area contributed by atoms with E-state index in [1.165, 1.54) is 26.4 Å². The van der Waals surface area contributed by atoms with Gasteiger partial charge in [0.1, 0.15) is 17.1 Å². The molecule has 1 amide bonds. The first-order valence-electron chi connectivity index (χ1n) is 11.7. The number of hydrogen-bond acceptors (Lipinski definition) is 4. The van der Waals surface area contributed by atoms with Crippen LogP contribution in [-0.2, 0) is 17.5 Å². The summed E-state index contributed by atoms with van der Waals surface area (Å²) in [6.45, 7) is 3.94. The van der Waals surface area contributed by atoms with Gasteiger partial charge >= 0.3 is 6.09 Å². The number of rotatable bonds is 8. The van der Waals surface area contributed by atoms with Gasteiger partial charge in [-0.05, 0) is 63.2 Å². The predicted molar refractivity (Wildman–Crippen MR) is 101 cm³/mol. The Labute approximate surface area is 161 Å². The van der Waals surface area contributed by atoms with Gasteiger partial charge in [-0.15, -0.1) is 0 Å². The third-order valence-corrected chi connectivity index (χ3v) is 3.48. The molecule has 0 saturated heterocycles. The first kappa shape index (κ1) is 12.4. The Morgan fingerprint density at radius 1 is 1.24 bits per heavy atom. The zero-order chi connectivity index (χ0) is 25.1. The summed E-state index contributed by atoms with van der Waals surface area (Å²) in [6, 6.07) is 2.39. The number of hydrogen-bond donors (Lipinski definition) is 1. The van der Waals surface area contributed by atoms with E-state index in [4.69, 9.17) is 23.8 Å². The lowest BCUT2D eigenvalue weighted by Crippen LogP contribution is -2.40. The first-order chi connectivity index (χ1) is 14.4. The molecular formula is C20H33NO4. The minimum Gasteiger partial charge on any atom is -0.496 e. The molecule has 0 aliphatic carbocycles. The topological polar surface area (TPSA) is 56.8 Å². The SMILES string of the molecule is [2H]C([2H])([2H])C([2H])([2H])C([2H])([2H])c1cc(OC)c(CC(CC)NC(=O)OC(C)(C)C)cc1OC. The van der Waals surface area contributed by atoms with Gasteiger partial charge < -0.3 is 19.5 Å². The predicted octanol–water partition coefficient (Wildman–Crippen LogP) is 4.50. The highest BCUT2D eigenvalue weighted by molar-refractivity contribution is 5.68. The van der Waals surface area contributed by atoms with Crippen LogP contribution in [0.25, 0.3) is 0 Å². The molecule has 25 heavy (non-hydrogen) atoms. The van der Waals surface area contributed by atoms with E-state index in [0.29, 0.717) is 18.4 Å². The Morgan fingerprint density at radius 2 is 1.84 bits per heavy atom. The van der Waals surface area contributed by atoms with Gasteiger partial charge in [0.15, 0.2) is 0 Å². The zero-order valence-electron chi connectivity index (χ0n) is 22.8. The minimum atomic E-state index is -3.21. The average Bonchev–Trinajstić information content (AvgIpc) is 2.64. The van der Waals surface area contributed by atoms with Crippen molar-refractivity contribution in [3.8, 4) is 11.5 Å². The summed E-state index contributed by atoms with van der Waals surface area (Å²) in [7, 11) is 2.65. The van der Waals surface area contributed by atoms with Crippen LogP contribution in [-0.4, -0.2) is 32.0 Å². The van der Waals surface area contributed by atoms with Crippen molar-refractivity contribution >= 4 is 6.09 Å². The summed E-state index contributed by atoms with van der Waals surface area (Å²) in [6.07, 6.45) is -5.81. The normalized spacial score (nSPS) is 18.2. The van der Waals surface area contributed by atoms with Crippen LogP contribution < -0.4 is 14.8 Å². The van der Waals surface area contributed by atoms with Crippen molar-refractivity contribution in [3.63, 3.8) is 0 Å². The summed E-state index contributed by atoms with van der Waals surface area (Å²) in [5.41, 5.74) is -0.366. The molecule has 0 aliphatic rings. The lowest BCUT2D eigenvalue weighted by atomic mass is 9.99. The van der Waals surface area contributed by atoms with Crippen molar-refractivity contribution in [2.75, 3.05) is 14.2 Å². The molecule has 1 aromatic carbocycles. The van der Waals surface area contributed by atoms with E-state index in [2.05, 4.69) is 5.32 Å². The van der Waals surface area contributed by atoms with Gasteiger partial charge in [0, 0.05) is 15.6 Å². The van der Waals surface area contributed by atoms with Gasteiger partial charge in [-0.3, -0.25) is 0 Å². The largest absolute Gasteiger partial charge is 0.496 e. The molecule has 1 atom stereocenters. The average molecular weight is 359 g/mol. The maximum atomic E-state index is 12.2. The number of amides is 1. The third kappa shape index (κ3) is 6.85. The Bertz CT molecular complexity index is 804. The van der Waals surface area contributed by atoms with Crippen LogP contribution in [0, 0.1) is 0 Å². The highest BCUT2D eigenvalue weighted by Gasteiger charge is 2.20. The number of nitrogens with one attached hydrogen (secondary N) is 1. The van der Waals surface area contributed by atoms with Crippen LogP contribution in [0.1, 0.15) is 68.1 Å². The van der Waals surface area contributed by atoms with Crippen molar-refractivity contribution in [2.24, 2.45) is 0 Å². The molecule has 142 valence electrons. The fourth-order valence-electron chi connectivity index (χ4n) is 2.32. The molecule has 1 rings (SSSR count). The summed E-state index contributed by atoms with van der Waals surface area (Å²) in [4.78, 5) is 12.2. The van der Waals surface area contributed by atoms with E-state index in [1.54, 1.807) is 20.8 Å². The van der Waals surface area contributed by atoms with Gasteiger partial charge in [0.05, 0.1) is 14.2 Å². The smallest absolute Gasteiger partial charge is 0.407 e. The van der Waals surface area contributed by atoms with E-state index < -0.39 is 31.3 Å². The lowest BCUT2D eigenvalue weighted by molar-refractivity contribution is 0.0502. The third-order valence-electron chi connectivity index (χ3n) is 3.48. The van der Waals surface area contributed by atoms with E-state index in [0.717, 1.165) is 0 Å². The molecule has 0 aliphatic heterocycles. The van der Waals surface area contributed by atoms with E-state index in [9.17, 15) is 4.79 Å². The van der Waals surface area contributed by atoms with Crippen molar-refractivity contribution in [1.29, 1.82) is 0 Å². The number of carbonyl (C=O) groups excluding carboxylic acids is 1. The van der Waals surface area contributed by atoms with Crippen LogP contribution in [0.4, 0.5) is 4.79 Å². The number of aryl methyl sites for hydroxylation is 1. The molecule has 5 heteroatoms. The highest BCUT2D eigenvalue weighted by Crippen LogP contribution is 2.31. The molecule has 1 N–H and O–H groups in total. The Kier molecular flexibility index (Phi) is 4.75. The van der Waals surface area contributed by atoms with E-state index >= 15 is 0 Å². The van der Waals surface area contributed by atoms with Gasteiger partial charge in [0.25, 0.3) is 0 Å². The molecule has 5 nitrogen and oxygen atoms in total. The standard InChI is InChI=1S/C20H33NO4/c1-8-10-14-12-18(24-7)15(13-17(14)23-6)11-16(9-2)21-19(22)25-20(3,4)5/h12-13,16H,8-11H2,1-7H3,(H,21,22)/i1D3,8D2,10D2. The van der Waals surface area contributed by atoms with Crippen LogP contribution >= 0.6 is 0 Å². The van der Waals surface area contributed by atoms with Gasteiger partial charge in [-0.25, -0.2) is 4.79 Å². The summed E-state index contributed by atoms with van der Waals surface area (Å²) in [5.74, 6) is 0.196. The second-order valence-corrected chi connectivity index (χ2v) is 6.57. The van der Waals surface area contributed by atoms with Crippen LogP contribution in [0.3, 0.4) is 0 Å². The van der Waals surface area contributed by atoms with Crippen LogP contribution in [0.2, 0.25) is 0 Å². The first-order valence-corrected chi connectivity index (χ1v) is 8.16. The molecule has 0 radical (unpaired) electrons. The molecule has 0 saturated carbocycles. The van der Waals surface area contributed by atoms with Gasteiger partial charge in [-0.2, -0.15) is 0 Å². The Hall–Kier alpha value is -1.91. The van der Waals surface area contributed by atoms with E-state index in [-0.39, 0.29) is 23.1 Å². The van der Waals surface area contributed by atoms with Crippen LogP contribution in [0.15, 0.2) is 12.1 Å². The summed E-state index contributed by atoms with van der Waals surface area (Å²) < 4.78 is 70.7. The van der Waals surface area contributed by atoms with Crippen molar-refractivity contribution in [3.05, 3.63) is 23.3 Å². The Balaban J connectivity index is 3.37. The number of carbonyl (C=O) groups is 1. The minimum absolute atomic E-state index is 0.0222. The fraction of sp³-hybridized carbons (Fsp3) is 0.650. The number of ether oxygens (including phenoxy) is 3. The van der Waals surface area contributed by atoms with Crippen molar-refractivity contribution < 1.29 is 28.6 Å². The molecule has 1 aromatic rings. The summed E-state index contributed by atoms with van der Waals surface area (Å²) >= 11 is 0. The monoisotopic (exact) mass is 358 g/mol. The molecular weight excluding hydrogens is 318 g/mol. The zero-order valence-corrected chi connectivity index (χ0v) is 15.8. The fourth-order valence-corrected chi connectivity index (χ4v) is 2.32. The summed E-state index contributed by atoms with van der Waals surface area (Å²) in [5, 5.41) is 2.78. The molecule has 1 unspecified atom stereocenters. The quantitative estimate of drug-likeness (QED) is 0.743. The Morgan fingerprint density at radius 3 is 2.36 bits per heavy atom. The number of methoxy groups -OCH3 is 2. The molecule has 0 aromatic heterocycles. The molecule has 0 heterocycles. The van der Waals surface area contributed by atoms with Crippen LogP contribution in [0.5, 0.6) is 11.5 Å². The maximum absolute atomic E-state index is 12.2. The molecule has 0 bridgehead atoms. The lowest BCUT2D eigenvalue weighted by Gasteiger charge is -2.24. The van der Waals surface area contributed by atoms with Gasteiger partial charge in [0.2, 0.25) is 0 Å².